The van der Waals surface area contributed by atoms with E-state index < -0.39 is 0 Å². The molecule has 0 spiro atoms. The molecule has 0 atom stereocenters. The van der Waals surface area contributed by atoms with Crippen molar-refractivity contribution in [3.63, 3.8) is 0 Å². The highest BCUT2D eigenvalue weighted by molar-refractivity contribution is 5.74. The van der Waals surface area contributed by atoms with Crippen LogP contribution in [-0.2, 0) is 0 Å². The van der Waals surface area contributed by atoms with Gasteiger partial charge in [-0.3, -0.25) is 0 Å². The molecule has 1 aliphatic heterocycles. The van der Waals surface area contributed by atoms with Crippen molar-refractivity contribution in [2.24, 2.45) is 5.92 Å². The zero-order valence-electron chi connectivity index (χ0n) is 13.8. The number of rotatable bonds is 4. The first kappa shape index (κ1) is 16.5. The van der Waals surface area contributed by atoms with Gasteiger partial charge in [-0.15, -0.1) is 0 Å². The second kappa shape index (κ2) is 7.97. The number of piperidine rings is 1. The number of benzene rings is 2. The number of aliphatic hydroxyl groups is 1. The number of carbonyl (C=O) groups excluding carboxylic acids is 1. The number of amides is 2. The van der Waals surface area contributed by atoms with Crippen molar-refractivity contribution in [2.75, 3.05) is 19.8 Å². The van der Waals surface area contributed by atoms with E-state index >= 15 is 0 Å². The predicted octanol–water partition coefficient (Wildman–Crippen LogP) is 3.19. The van der Waals surface area contributed by atoms with E-state index in [9.17, 15) is 4.79 Å². The van der Waals surface area contributed by atoms with Gasteiger partial charge in [0.2, 0.25) is 0 Å². The molecule has 4 heteroatoms. The van der Waals surface area contributed by atoms with Crippen LogP contribution in [0.1, 0.15) is 29.9 Å². The first-order chi connectivity index (χ1) is 11.8. The first-order valence-corrected chi connectivity index (χ1v) is 8.53. The second-order valence-corrected chi connectivity index (χ2v) is 6.26. The minimum absolute atomic E-state index is 0.174. The molecule has 126 valence electrons. The molecule has 24 heavy (non-hydrogen) atoms. The van der Waals surface area contributed by atoms with Gasteiger partial charge in [0.25, 0.3) is 0 Å². The lowest BCUT2D eigenvalue weighted by atomic mass is 9.76. The van der Waals surface area contributed by atoms with Crippen LogP contribution in [0.4, 0.5) is 4.79 Å². The molecule has 4 nitrogen and oxygen atoms in total. The average Bonchev–Trinajstić information content (AvgIpc) is 2.64. The molecule has 1 fully saturated rings. The van der Waals surface area contributed by atoms with Crippen molar-refractivity contribution in [1.29, 1.82) is 0 Å². The van der Waals surface area contributed by atoms with Gasteiger partial charge in [0.05, 0.1) is 0 Å². The summed E-state index contributed by atoms with van der Waals surface area (Å²) in [6.45, 7) is 1.15. The fraction of sp³-hybridized carbons (Fsp3) is 0.350. The Labute approximate surface area is 143 Å². The maximum Gasteiger partial charge on any atom is 0.319 e. The van der Waals surface area contributed by atoms with Gasteiger partial charge in [0.1, 0.15) is 6.73 Å². The van der Waals surface area contributed by atoms with Crippen LogP contribution in [0.3, 0.4) is 0 Å². The topological polar surface area (TPSA) is 52.6 Å². The normalized spacial score (nSPS) is 15.5. The molecular formula is C20H24N2O2. The minimum atomic E-state index is -0.310. The van der Waals surface area contributed by atoms with Gasteiger partial charge in [0, 0.05) is 19.0 Å². The lowest BCUT2D eigenvalue weighted by Crippen LogP contribution is -2.45. The Balaban J connectivity index is 1.77. The van der Waals surface area contributed by atoms with Gasteiger partial charge in [-0.1, -0.05) is 60.7 Å². The molecule has 0 aromatic heterocycles. The smallest absolute Gasteiger partial charge is 0.319 e. The fourth-order valence-electron chi connectivity index (χ4n) is 3.67. The van der Waals surface area contributed by atoms with Crippen LogP contribution in [0.5, 0.6) is 0 Å². The van der Waals surface area contributed by atoms with Gasteiger partial charge in [-0.05, 0) is 29.9 Å². The van der Waals surface area contributed by atoms with Crippen molar-refractivity contribution in [3.05, 3.63) is 71.8 Å². The van der Waals surface area contributed by atoms with Gasteiger partial charge < -0.3 is 15.3 Å². The number of nitrogens with one attached hydrogen (secondary N) is 1. The molecule has 2 N–H and O–H groups in total. The number of nitrogens with zero attached hydrogens (tertiary/aromatic N) is 1. The molecule has 3 rings (SSSR count). The molecule has 2 aromatic rings. The molecule has 0 radical (unpaired) electrons. The number of hydrogen-bond acceptors (Lipinski definition) is 2. The molecule has 1 heterocycles. The van der Waals surface area contributed by atoms with Crippen molar-refractivity contribution in [3.8, 4) is 0 Å². The third-order valence-electron chi connectivity index (χ3n) is 4.85. The molecule has 2 aromatic carbocycles. The molecule has 0 aliphatic carbocycles. The van der Waals surface area contributed by atoms with E-state index in [1.807, 2.05) is 12.1 Å². The summed E-state index contributed by atoms with van der Waals surface area (Å²) in [5.41, 5.74) is 2.67. The Morgan fingerprint density at radius 2 is 1.50 bits per heavy atom. The van der Waals surface area contributed by atoms with Crippen molar-refractivity contribution < 1.29 is 9.90 Å². The highest BCUT2D eigenvalue weighted by Crippen LogP contribution is 2.37. The van der Waals surface area contributed by atoms with Crippen molar-refractivity contribution >= 4 is 6.03 Å². The summed E-state index contributed by atoms with van der Waals surface area (Å²) >= 11 is 0. The van der Waals surface area contributed by atoms with Crippen LogP contribution >= 0.6 is 0 Å². The van der Waals surface area contributed by atoms with Crippen LogP contribution in [0.15, 0.2) is 60.7 Å². The predicted molar refractivity (Wildman–Crippen MR) is 94.6 cm³/mol. The van der Waals surface area contributed by atoms with Gasteiger partial charge in [0.15, 0.2) is 0 Å². The zero-order valence-corrected chi connectivity index (χ0v) is 13.8. The number of aliphatic hydroxyl groups excluding tert-OH is 1. The molecule has 0 unspecified atom stereocenters. The van der Waals surface area contributed by atoms with Gasteiger partial charge in [-0.25, -0.2) is 4.79 Å². The summed E-state index contributed by atoms with van der Waals surface area (Å²) in [5.74, 6) is 0.864. The summed E-state index contributed by atoms with van der Waals surface area (Å²) in [6.07, 6.45) is 1.93. The molecule has 0 bridgehead atoms. The monoisotopic (exact) mass is 324 g/mol. The van der Waals surface area contributed by atoms with E-state index in [4.69, 9.17) is 5.11 Å². The third-order valence-corrected chi connectivity index (χ3v) is 4.85. The maximum absolute atomic E-state index is 11.9. The van der Waals surface area contributed by atoms with E-state index in [1.54, 1.807) is 4.90 Å². The number of urea groups is 1. The lowest BCUT2D eigenvalue weighted by Gasteiger charge is -2.36. The number of likely N-dealkylation sites (tertiary alicyclic amines) is 1. The second-order valence-electron chi connectivity index (χ2n) is 6.26. The largest absolute Gasteiger partial charge is 0.376 e. The summed E-state index contributed by atoms with van der Waals surface area (Å²) < 4.78 is 0. The molecule has 0 saturated carbocycles. The maximum atomic E-state index is 11.9. The standard InChI is InChI=1S/C20H24N2O2/c23-15-21-20(24)22-13-11-18(12-14-22)19(16-7-3-1-4-8-16)17-9-5-2-6-10-17/h1-10,18-19,23H,11-15H2,(H,21,24). The Morgan fingerprint density at radius 1 is 1.00 bits per heavy atom. The van der Waals surface area contributed by atoms with E-state index in [0.717, 1.165) is 25.9 Å². The van der Waals surface area contributed by atoms with Gasteiger partial charge in [-0.2, -0.15) is 0 Å². The summed E-state index contributed by atoms with van der Waals surface area (Å²) in [4.78, 5) is 13.7. The number of hydrogen-bond donors (Lipinski definition) is 2. The van der Waals surface area contributed by atoms with E-state index in [-0.39, 0.29) is 12.8 Å². The van der Waals surface area contributed by atoms with Crippen LogP contribution < -0.4 is 5.32 Å². The molecule has 1 saturated heterocycles. The summed E-state index contributed by atoms with van der Waals surface area (Å²) in [7, 11) is 0. The molecule has 2 amide bonds. The van der Waals surface area contributed by atoms with Crippen LogP contribution in [-0.4, -0.2) is 35.9 Å². The summed E-state index contributed by atoms with van der Waals surface area (Å²) in [6, 6.07) is 21.1. The van der Waals surface area contributed by atoms with E-state index in [1.165, 1.54) is 11.1 Å². The zero-order chi connectivity index (χ0) is 16.8. The Kier molecular flexibility index (Phi) is 5.49. The first-order valence-electron chi connectivity index (χ1n) is 8.53. The van der Waals surface area contributed by atoms with E-state index in [0.29, 0.717) is 11.8 Å². The highest BCUT2D eigenvalue weighted by Gasteiger charge is 2.30. The fourth-order valence-corrected chi connectivity index (χ4v) is 3.67. The van der Waals surface area contributed by atoms with Crippen molar-refractivity contribution in [1.82, 2.24) is 10.2 Å². The average molecular weight is 324 g/mol. The Morgan fingerprint density at radius 3 is 1.96 bits per heavy atom. The highest BCUT2D eigenvalue weighted by atomic mass is 16.3. The lowest BCUT2D eigenvalue weighted by molar-refractivity contribution is 0.154. The van der Waals surface area contributed by atoms with Crippen molar-refractivity contribution in [2.45, 2.75) is 18.8 Å². The number of carbonyl (C=O) groups is 1. The molecule has 1 aliphatic rings. The Bertz CT molecular complexity index is 598. The SMILES string of the molecule is O=C(NCO)N1CCC(C(c2ccccc2)c2ccccc2)CC1. The molecular weight excluding hydrogens is 300 g/mol. The third kappa shape index (κ3) is 3.77. The minimum Gasteiger partial charge on any atom is -0.376 e. The van der Waals surface area contributed by atoms with Crippen LogP contribution in [0.25, 0.3) is 0 Å². The quantitative estimate of drug-likeness (QED) is 0.849. The van der Waals surface area contributed by atoms with Gasteiger partial charge >= 0.3 is 6.03 Å². The van der Waals surface area contributed by atoms with Crippen LogP contribution in [0.2, 0.25) is 0 Å². The van der Waals surface area contributed by atoms with Crippen LogP contribution in [0, 0.1) is 5.92 Å². The summed E-state index contributed by atoms with van der Waals surface area (Å²) in [5, 5.41) is 11.3. The van der Waals surface area contributed by atoms with E-state index in [2.05, 4.69) is 53.8 Å². The Hall–Kier alpha value is -2.33.